The number of fused-ring (bicyclic) bond motifs is 2. The van der Waals surface area contributed by atoms with Crippen molar-refractivity contribution in [3.8, 4) is 10.4 Å². The molecule has 4 nitrogen and oxygen atoms in total. The minimum atomic E-state index is 0.168. The van der Waals surface area contributed by atoms with E-state index in [1.165, 1.54) is 15.3 Å². The van der Waals surface area contributed by atoms with E-state index in [9.17, 15) is 4.79 Å². The third-order valence-corrected chi connectivity index (χ3v) is 7.40. The molecular weight excluding hydrogens is 358 g/mol. The summed E-state index contributed by atoms with van der Waals surface area (Å²) in [7, 11) is 0. The molecule has 0 radical (unpaired) electrons. The van der Waals surface area contributed by atoms with Crippen LogP contribution >= 0.6 is 11.3 Å². The van der Waals surface area contributed by atoms with E-state index in [0.29, 0.717) is 30.8 Å². The van der Waals surface area contributed by atoms with E-state index in [0.717, 1.165) is 32.7 Å². The van der Waals surface area contributed by atoms with Crippen LogP contribution < -0.4 is 0 Å². The van der Waals surface area contributed by atoms with Gasteiger partial charge in [-0.1, -0.05) is 30.3 Å². The summed E-state index contributed by atoms with van der Waals surface area (Å²) in [5.74, 6) is 0.967. The highest BCUT2D eigenvalue weighted by atomic mass is 32.1. The lowest BCUT2D eigenvalue weighted by Gasteiger charge is -2.34. The molecule has 2 aliphatic carbocycles. The molecule has 5 heteroatoms. The maximum Gasteiger partial charge on any atom is 0.138 e. The van der Waals surface area contributed by atoms with E-state index < -0.39 is 0 Å². The Balaban J connectivity index is 1.23. The summed E-state index contributed by atoms with van der Waals surface area (Å²) >= 11 is 1.80. The number of ketones is 1. The molecule has 2 heterocycles. The van der Waals surface area contributed by atoms with E-state index in [2.05, 4.69) is 41.3 Å². The number of hydrogen-bond acceptors (Lipinski definition) is 5. The van der Waals surface area contributed by atoms with Crippen molar-refractivity contribution in [1.29, 1.82) is 0 Å². The van der Waals surface area contributed by atoms with Crippen LogP contribution in [0.1, 0.15) is 17.7 Å². The average molecular weight is 384 g/mol. The number of ether oxygens (including phenoxy) is 2. The quantitative estimate of drug-likeness (QED) is 0.791. The second kappa shape index (κ2) is 7.47. The van der Waals surface area contributed by atoms with Gasteiger partial charge in [-0.25, -0.2) is 0 Å². The maximum absolute atomic E-state index is 12.4. The number of morpholine rings is 1. The van der Waals surface area contributed by atoms with Gasteiger partial charge in [0.25, 0.3) is 0 Å². The number of Topliss-reactive ketones (excluding diaryl/α,β-unsaturated/α-hetero) is 1. The summed E-state index contributed by atoms with van der Waals surface area (Å²) in [5.41, 5.74) is 1.26. The third-order valence-electron chi connectivity index (χ3n) is 6.29. The highest BCUT2D eigenvalue weighted by Gasteiger charge is 2.55. The molecular formula is C22H25NO3S. The van der Waals surface area contributed by atoms with Gasteiger partial charge in [-0.05, 0) is 24.1 Å². The summed E-state index contributed by atoms with van der Waals surface area (Å²) in [6, 6.07) is 15.2. The van der Waals surface area contributed by atoms with Gasteiger partial charge in [0.1, 0.15) is 5.78 Å². The van der Waals surface area contributed by atoms with E-state index in [1.807, 2.05) is 6.07 Å². The molecule has 27 heavy (non-hydrogen) atoms. The fraction of sp³-hybridized carbons (Fsp3) is 0.500. The molecule has 1 aromatic carbocycles. The van der Waals surface area contributed by atoms with Crippen molar-refractivity contribution in [1.82, 2.24) is 4.90 Å². The van der Waals surface area contributed by atoms with Crippen molar-refractivity contribution >= 4 is 17.1 Å². The van der Waals surface area contributed by atoms with Crippen molar-refractivity contribution < 1.29 is 14.3 Å². The molecule has 1 saturated heterocycles. The fourth-order valence-corrected chi connectivity index (χ4v) is 5.97. The third kappa shape index (κ3) is 3.38. The Labute approximate surface area is 164 Å². The average Bonchev–Trinajstić information content (AvgIpc) is 3.40. The van der Waals surface area contributed by atoms with Gasteiger partial charge in [-0.15, -0.1) is 11.3 Å². The van der Waals surface area contributed by atoms with Gasteiger partial charge in [0.15, 0.2) is 0 Å². The molecule has 142 valence electrons. The van der Waals surface area contributed by atoms with Crippen molar-refractivity contribution in [3.05, 3.63) is 47.3 Å². The molecule has 2 saturated carbocycles. The SMILES string of the molecule is O=C1CC2C(OCc3ccc(-c4ccccc4)s3)CC1C2N1CCOCC1. The number of nitrogens with zero attached hydrogens (tertiary/aromatic N) is 1. The van der Waals surface area contributed by atoms with Gasteiger partial charge in [0.2, 0.25) is 0 Å². The Hall–Kier alpha value is -1.53. The van der Waals surface area contributed by atoms with Crippen LogP contribution in [0.25, 0.3) is 10.4 Å². The van der Waals surface area contributed by atoms with E-state index >= 15 is 0 Å². The van der Waals surface area contributed by atoms with E-state index in [-0.39, 0.29) is 12.0 Å². The van der Waals surface area contributed by atoms with Crippen molar-refractivity contribution in [2.75, 3.05) is 26.3 Å². The largest absolute Gasteiger partial charge is 0.379 e. The fourth-order valence-electron chi connectivity index (χ4n) is 5.04. The van der Waals surface area contributed by atoms with Crippen molar-refractivity contribution in [2.45, 2.75) is 31.6 Å². The van der Waals surface area contributed by atoms with Gasteiger partial charge in [0, 0.05) is 47.1 Å². The number of hydrogen-bond donors (Lipinski definition) is 0. The molecule has 4 unspecified atom stereocenters. The minimum Gasteiger partial charge on any atom is -0.379 e. The Morgan fingerprint density at radius 3 is 2.74 bits per heavy atom. The van der Waals surface area contributed by atoms with Crippen LogP contribution in [-0.2, 0) is 20.9 Å². The molecule has 2 bridgehead atoms. The van der Waals surface area contributed by atoms with Gasteiger partial charge in [-0.3, -0.25) is 9.69 Å². The number of benzene rings is 1. The smallest absolute Gasteiger partial charge is 0.138 e. The first-order valence-electron chi connectivity index (χ1n) is 9.90. The van der Waals surface area contributed by atoms with Crippen LogP contribution in [0.4, 0.5) is 0 Å². The topological polar surface area (TPSA) is 38.8 Å². The van der Waals surface area contributed by atoms with Crippen LogP contribution in [0.15, 0.2) is 42.5 Å². The zero-order valence-electron chi connectivity index (χ0n) is 15.4. The van der Waals surface area contributed by atoms with Crippen LogP contribution in [0.3, 0.4) is 0 Å². The van der Waals surface area contributed by atoms with Crippen LogP contribution in [0, 0.1) is 11.8 Å². The molecule has 3 fully saturated rings. The van der Waals surface area contributed by atoms with E-state index in [1.54, 1.807) is 11.3 Å². The maximum atomic E-state index is 12.4. The Bertz CT molecular complexity index is 799. The van der Waals surface area contributed by atoms with Gasteiger partial charge in [-0.2, -0.15) is 0 Å². The van der Waals surface area contributed by atoms with Gasteiger partial charge in [0.05, 0.1) is 25.9 Å². The predicted octanol–water partition coefficient (Wildman–Crippen LogP) is 3.61. The number of carbonyl (C=O) groups is 1. The molecule has 5 rings (SSSR count). The Kier molecular flexibility index (Phi) is 4.86. The highest BCUT2D eigenvalue weighted by molar-refractivity contribution is 7.15. The van der Waals surface area contributed by atoms with Crippen LogP contribution in [0.2, 0.25) is 0 Å². The molecule has 0 amide bonds. The molecule has 1 aromatic heterocycles. The zero-order chi connectivity index (χ0) is 18.2. The Morgan fingerprint density at radius 1 is 1.11 bits per heavy atom. The van der Waals surface area contributed by atoms with Crippen molar-refractivity contribution in [3.63, 3.8) is 0 Å². The molecule has 3 aliphatic rings. The summed E-state index contributed by atoms with van der Waals surface area (Å²) in [6.45, 7) is 4.11. The number of rotatable bonds is 5. The first kappa shape index (κ1) is 17.6. The Morgan fingerprint density at radius 2 is 1.93 bits per heavy atom. The molecule has 2 aromatic rings. The molecule has 1 aliphatic heterocycles. The summed E-state index contributed by atoms with van der Waals surface area (Å²) < 4.78 is 11.8. The summed E-state index contributed by atoms with van der Waals surface area (Å²) in [6.07, 6.45) is 1.79. The standard InChI is InChI=1S/C22H25NO3S/c24-19-12-18-20(13-17(19)22(18)23-8-10-25-11-9-23)26-14-16-6-7-21(27-16)15-4-2-1-3-5-15/h1-7,17-18,20,22H,8-14H2. The van der Waals surface area contributed by atoms with E-state index in [4.69, 9.17) is 9.47 Å². The highest BCUT2D eigenvalue weighted by Crippen LogP contribution is 2.47. The first-order valence-corrected chi connectivity index (χ1v) is 10.7. The summed E-state index contributed by atoms with van der Waals surface area (Å²) in [5, 5.41) is 0. The van der Waals surface area contributed by atoms with Gasteiger partial charge >= 0.3 is 0 Å². The van der Waals surface area contributed by atoms with Crippen molar-refractivity contribution in [2.24, 2.45) is 11.8 Å². The van der Waals surface area contributed by atoms with Crippen LogP contribution in [0.5, 0.6) is 0 Å². The lowest BCUT2D eigenvalue weighted by molar-refractivity contribution is -0.124. The summed E-state index contributed by atoms with van der Waals surface area (Å²) in [4.78, 5) is 17.4. The lowest BCUT2D eigenvalue weighted by Crippen LogP contribution is -2.46. The van der Waals surface area contributed by atoms with Gasteiger partial charge < -0.3 is 9.47 Å². The minimum absolute atomic E-state index is 0.168. The normalized spacial score (nSPS) is 30.9. The second-order valence-electron chi connectivity index (χ2n) is 7.80. The zero-order valence-corrected chi connectivity index (χ0v) is 16.2. The number of thiophene rings is 1. The van der Waals surface area contributed by atoms with Crippen LogP contribution in [-0.4, -0.2) is 49.1 Å². The molecule has 4 atom stereocenters. The molecule has 0 N–H and O–H groups in total. The second-order valence-corrected chi connectivity index (χ2v) is 8.97. The lowest BCUT2D eigenvalue weighted by atomic mass is 9.96. The monoisotopic (exact) mass is 383 g/mol. The predicted molar refractivity (Wildman–Crippen MR) is 106 cm³/mol. The number of carbonyl (C=O) groups excluding carboxylic acids is 1. The molecule has 0 spiro atoms. The first-order chi connectivity index (χ1) is 13.3.